The Morgan fingerprint density at radius 2 is 1.83 bits per heavy atom. The van der Waals surface area contributed by atoms with E-state index in [1.54, 1.807) is 12.1 Å². The van der Waals surface area contributed by atoms with Gasteiger partial charge in [0.15, 0.2) is 5.75 Å². The summed E-state index contributed by atoms with van der Waals surface area (Å²) in [6.45, 7) is 1.94. The zero-order chi connectivity index (χ0) is 13.0. The van der Waals surface area contributed by atoms with Crippen molar-refractivity contribution in [3.63, 3.8) is 0 Å². The van der Waals surface area contributed by atoms with Crippen molar-refractivity contribution in [2.75, 3.05) is 0 Å². The summed E-state index contributed by atoms with van der Waals surface area (Å²) >= 11 is 0. The van der Waals surface area contributed by atoms with Gasteiger partial charge >= 0.3 is 10.1 Å². The van der Waals surface area contributed by atoms with Crippen molar-refractivity contribution in [3.8, 4) is 5.75 Å². The molecule has 0 unspecified atom stereocenters. The zero-order valence-electron chi connectivity index (χ0n) is 9.78. The average Bonchev–Trinajstić information content (AvgIpc) is 2.32. The highest BCUT2D eigenvalue weighted by Crippen LogP contribution is 2.13. The predicted octanol–water partition coefficient (Wildman–Crippen LogP) is 1.69. The van der Waals surface area contributed by atoms with Gasteiger partial charge in [-0.25, -0.2) is 0 Å². The first-order valence-corrected chi connectivity index (χ1v) is 6.87. The lowest BCUT2D eigenvalue weighted by atomic mass is 10.2. The van der Waals surface area contributed by atoms with E-state index in [1.807, 2.05) is 19.1 Å². The zero-order valence-corrected chi connectivity index (χ0v) is 10.6. The monoisotopic (exact) mass is 264 g/mol. The van der Waals surface area contributed by atoms with Crippen LogP contribution in [-0.2, 0) is 15.9 Å². The second-order valence-electron chi connectivity index (χ2n) is 3.85. The fourth-order valence-electron chi connectivity index (χ4n) is 1.39. The molecule has 0 amide bonds. The predicted molar refractivity (Wildman–Crippen MR) is 66.5 cm³/mol. The smallest absolute Gasteiger partial charge is 0.313 e. The van der Waals surface area contributed by atoms with Gasteiger partial charge in [-0.1, -0.05) is 29.8 Å². The summed E-state index contributed by atoms with van der Waals surface area (Å²) in [7, 11) is -3.67. The Morgan fingerprint density at radius 1 is 1.11 bits per heavy atom. The van der Waals surface area contributed by atoms with Gasteiger partial charge in [0.05, 0.1) is 12.4 Å². The van der Waals surface area contributed by atoms with Gasteiger partial charge in [0, 0.05) is 6.07 Å². The minimum atomic E-state index is -3.67. The van der Waals surface area contributed by atoms with Gasteiger partial charge in [0.2, 0.25) is 0 Å². The molecule has 0 atom stereocenters. The molecular weight excluding hydrogens is 252 g/mol. The second-order valence-corrected chi connectivity index (χ2v) is 5.42. The molecular formula is C12H12N2O3S. The van der Waals surface area contributed by atoms with Crippen LogP contribution in [0.1, 0.15) is 11.1 Å². The van der Waals surface area contributed by atoms with Gasteiger partial charge in [0.1, 0.15) is 5.75 Å². The molecule has 0 radical (unpaired) electrons. The van der Waals surface area contributed by atoms with E-state index in [1.165, 1.54) is 18.5 Å². The van der Waals surface area contributed by atoms with Crippen molar-refractivity contribution in [1.29, 1.82) is 0 Å². The number of aryl methyl sites for hydroxylation is 1. The molecule has 0 saturated heterocycles. The molecule has 1 heterocycles. The molecule has 2 aromatic rings. The van der Waals surface area contributed by atoms with Crippen LogP contribution >= 0.6 is 0 Å². The van der Waals surface area contributed by atoms with Gasteiger partial charge < -0.3 is 4.18 Å². The maximum Gasteiger partial charge on any atom is 0.313 e. The third-order valence-corrected chi connectivity index (χ3v) is 3.38. The summed E-state index contributed by atoms with van der Waals surface area (Å²) in [5.41, 5.74) is 1.76. The number of aromatic nitrogens is 2. The Bertz CT molecular complexity index is 610. The van der Waals surface area contributed by atoms with Crippen LogP contribution in [0.15, 0.2) is 42.7 Å². The van der Waals surface area contributed by atoms with Crippen molar-refractivity contribution in [1.82, 2.24) is 10.2 Å². The first-order chi connectivity index (χ1) is 8.55. The number of nitrogens with zero attached hydrogens (tertiary/aromatic N) is 2. The maximum absolute atomic E-state index is 11.8. The van der Waals surface area contributed by atoms with Crippen LogP contribution in [0.25, 0.3) is 0 Å². The third kappa shape index (κ3) is 3.53. The minimum absolute atomic E-state index is 0.164. The van der Waals surface area contributed by atoms with Crippen molar-refractivity contribution in [3.05, 3.63) is 53.9 Å². The summed E-state index contributed by atoms with van der Waals surface area (Å²) in [6.07, 6.45) is 2.63. The van der Waals surface area contributed by atoms with E-state index in [9.17, 15) is 8.42 Å². The van der Waals surface area contributed by atoms with Crippen LogP contribution in [0.3, 0.4) is 0 Å². The topological polar surface area (TPSA) is 69.2 Å². The highest BCUT2D eigenvalue weighted by Gasteiger charge is 2.14. The van der Waals surface area contributed by atoms with Crippen LogP contribution in [0.2, 0.25) is 0 Å². The Hall–Kier alpha value is -1.95. The maximum atomic E-state index is 11.8. The number of hydrogen-bond acceptors (Lipinski definition) is 5. The average molecular weight is 264 g/mol. The fraction of sp³-hybridized carbons (Fsp3) is 0.167. The molecule has 0 fully saturated rings. The SMILES string of the molecule is Cc1ccc(CS(=O)(=O)Oc2ccnnc2)cc1. The van der Waals surface area contributed by atoms with Gasteiger partial charge in [-0.05, 0) is 12.5 Å². The molecule has 1 aromatic heterocycles. The molecule has 5 nitrogen and oxygen atoms in total. The molecule has 0 spiro atoms. The molecule has 0 aliphatic heterocycles. The van der Waals surface area contributed by atoms with Gasteiger partial charge in [-0.15, -0.1) is 0 Å². The Kier molecular flexibility index (Phi) is 3.57. The Balaban J connectivity index is 2.10. The lowest BCUT2D eigenvalue weighted by Gasteiger charge is -2.06. The van der Waals surface area contributed by atoms with Crippen molar-refractivity contribution < 1.29 is 12.6 Å². The first-order valence-electron chi connectivity index (χ1n) is 5.29. The fourth-order valence-corrected chi connectivity index (χ4v) is 2.44. The highest BCUT2D eigenvalue weighted by molar-refractivity contribution is 7.86. The van der Waals surface area contributed by atoms with Gasteiger partial charge in [0.25, 0.3) is 0 Å². The summed E-state index contributed by atoms with van der Waals surface area (Å²) in [4.78, 5) is 0. The number of rotatable bonds is 4. The van der Waals surface area contributed by atoms with Crippen LogP contribution < -0.4 is 4.18 Å². The Labute approximate surface area is 106 Å². The van der Waals surface area contributed by atoms with Crippen LogP contribution in [-0.4, -0.2) is 18.6 Å². The van der Waals surface area contributed by atoms with Gasteiger partial charge in [-0.3, -0.25) is 0 Å². The molecule has 0 aliphatic carbocycles. The van der Waals surface area contributed by atoms with E-state index in [4.69, 9.17) is 4.18 Å². The molecule has 2 rings (SSSR count). The normalized spacial score (nSPS) is 11.2. The minimum Gasteiger partial charge on any atom is -0.380 e. The second kappa shape index (κ2) is 5.14. The number of benzene rings is 1. The largest absolute Gasteiger partial charge is 0.380 e. The van der Waals surface area contributed by atoms with Gasteiger partial charge in [-0.2, -0.15) is 18.6 Å². The molecule has 1 aromatic carbocycles. The van der Waals surface area contributed by atoms with Crippen molar-refractivity contribution >= 4 is 10.1 Å². The quantitative estimate of drug-likeness (QED) is 0.786. The molecule has 94 valence electrons. The molecule has 0 N–H and O–H groups in total. The number of hydrogen-bond donors (Lipinski definition) is 0. The lowest BCUT2D eigenvalue weighted by Crippen LogP contribution is -2.12. The third-order valence-electron chi connectivity index (χ3n) is 2.24. The molecule has 0 bridgehead atoms. The van der Waals surface area contributed by atoms with Crippen LogP contribution in [0.4, 0.5) is 0 Å². The van der Waals surface area contributed by atoms with E-state index >= 15 is 0 Å². The van der Waals surface area contributed by atoms with Crippen molar-refractivity contribution in [2.24, 2.45) is 0 Å². The van der Waals surface area contributed by atoms with Crippen LogP contribution in [0, 0.1) is 6.92 Å². The van der Waals surface area contributed by atoms with E-state index in [0.717, 1.165) is 5.56 Å². The van der Waals surface area contributed by atoms with E-state index in [0.29, 0.717) is 5.56 Å². The van der Waals surface area contributed by atoms with E-state index in [-0.39, 0.29) is 11.5 Å². The van der Waals surface area contributed by atoms with E-state index < -0.39 is 10.1 Å². The summed E-state index contributed by atoms with van der Waals surface area (Å²) < 4.78 is 28.5. The molecule has 0 saturated carbocycles. The lowest BCUT2D eigenvalue weighted by molar-refractivity contribution is 0.483. The Morgan fingerprint density at radius 3 is 2.44 bits per heavy atom. The summed E-state index contributed by atoms with van der Waals surface area (Å²) in [6, 6.07) is 8.69. The molecule has 0 aliphatic rings. The van der Waals surface area contributed by atoms with Crippen molar-refractivity contribution in [2.45, 2.75) is 12.7 Å². The summed E-state index contributed by atoms with van der Waals surface area (Å²) in [5.74, 6) is -0.00704. The first kappa shape index (κ1) is 12.5. The molecule has 6 heteroatoms. The highest BCUT2D eigenvalue weighted by atomic mass is 32.2. The molecule has 18 heavy (non-hydrogen) atoms. The summed E-state index contributed by atoms with van der Waals surface area (Å²) in [5, 5.41) is 7.09. The standard InChI is InChI=1S/C12H12N2O3S/c1-10-2-4-11(5-3-10)9-18(15,16)17-12-6-7-13-14-8-12/h2-8H,9H2,1H3. The van der Waals surface area contributed by atoms with E-state index in [2.05, 4.69) is 10.2 Å². The van der Waals surface area contributed by atoms with Crippen LogP contribution in [0.5, 0.6) is 5.75 Å².